The topological polar surface area (TPSA) is 79.3 Å². The van der Waals surface area contributed by atoms with Crippen LogP contribution in [0.25, 0.3) is 0 Å². The number of pyridine rings is 1. The number of aryl methyl sites for hydroxylation is 1. The lowest BCUT2D eigenvalue weighted by Crippen LogP contribution is -2.13. The summed E-state index contributed by atoms with van der Waals surface area (Å²) in [6, 6.07) is 9.66. The Labute approximate surface area is 126 Å². The summed E-state index contributed by atoms with van der Waals surface area (Å²) in [5.74, 6) is -1.32. The monoisotopic (exact) mass is 304 g/mol. The van der Waals surface area contributed by atoms with Gasteiger partial charge in [0.05, 0.1) is 16.3 Å². The molecular weight excluding hydrogens is 292 g/mol. The molecule has 2 N–H and O–H groups in total. The van der Waals surface area contributed by atoms with Gasteiger partial charge in [0.2, 0.25) is 5.91 Å². The summed E-state index contributed by atoms with van der Waals surface area (Å²) in [5.41, 5.74) is 1.18. The lowest BCUT2D eigenvalue weighted by atomic mass is 10.2. The summed E-state index contributed by atoms with van der Waals surface area (Å²) >= 11 is 5.94. The molecule has 0 spiro atoms. The highest BCUT2D eigenvalue weighted by Gasteiger charge is 2.10. The average molecular weight is 305 g/mol. The van der Waals surface area contributed by atoms with Gasteiger partial charge in [-0.15, -0.1) is 0 Å². The van der Waals surface area contributed by atoms with Crippen molar-refractivity contribution in [2.75, 3.05) is 5.32 Å². The quantitative estimate of drug-likeness (QED) is 0.890. The van der Waals surface area contributed by atoms with Crippen LogP contribution in [0.1, 0.15) is 22.5 Å². The SMILES string of the molecule is O=C(CCc1ccccn1)Nc1cc(C(=O)O)ccc1Cl. The fourth-order valence-electron chi connectivity index (χ4n) is 1.75. The Morgan fingerprint density at radius 3 is 2.71 bits per heavy atom. The number of halogens is 1. The van der Waals surface area contributed by atoms with Gasteiger partial charge >= 0.3 is 5.97 Å². The highest BCUT2D eigenvalue weighted by Crippen LogP contribution is 2.23. The number of amides is 1. The Bertz CT molecular complexity index is 659. The molecule has 0 fully saturated rings. The van der Waals surface area contributed by atoms with Gasteiger partial charge in [0.1, 0.15) is 0 Å². The van der Waals surface area contributed by atoms with Gasteiger partial charge in [0.25, 0.3) is 0 Å². The zero-order valence-electron chi connectivity index (χ0n) is 11.0. The maximum absolute atomic E-state index is 11.9. The maximum Gasteiger partial charge on any atom is 0.335 e. The van der Waals surface area contributed by atoms with Crippen LogP contribution in [-0.2, 0) is 11.2 Å². The second-order valence-electron chi connectivity index (χ2n) is 4.37. The highest BCUT2D eigenvalue weighted by molar-refractivity contribution is 6.33. The van der Waals surface area contributed by atoms with Crippen LogP contribution in [0.2, 0.25) is 5.02 Å². The van der Waals surface area contributed by atoms with Crippen molar-refractivity contribution in [2.24, 2.45) is 0 Å². The first-order valence-corrected chi connectivity index (χ1v) is 6.66. The van der Waals surface area contributed by atoms with Crippen LogP contribution in [0.3, 0.4) is 0 Å². The van der Waals surface area contributed by atoms with E-state index in [0.29, 0.717) is 17.1 Å². The van der Waals surface area contributed by atoms with Gasteiger partial charge in [-0.1, -0.05) is 17.7 Å². The van der Waals surface area contributed by atoms with Crippen LogP contribution in [0, 0.1) is 0 Å². The van der Waals surface area contributed by atoms with E-state index in [-0.39, 0.29) is 17.9 Å². The van der Waals surface area contributed by atoms with Gasteiger partial charge in [-0.25, -0.2) is 4.79 Å². The van der Waals surface area contributed by atoms with Crippen LogP contribution in [0.4, 0.5) is 5.69 Å². The lowest BCUT2D eigenvalue weighted by Gasteiger charge is -2.08. The second-order valence-corrected chi connectivity index (χ2v) is 4.78. The van der Waals surface area contributed by atoms with Gasteiger partial charge in [-0.05, 0) is 36.8 Å². The van der Waals surface area contributed by atoms with Crippen molar-refractivity contribution in [3.63, 3.8) is 0 Å². The molecule has 2 rings (SSSR count). The molecule has 5 nitrogen and oxygen atoms in total. The molecule has 1 heterocycles. The van der Waals surface area contributed by atoms with Crippen molar-refractivity contribution >= 4 is 29.2 Å². The number of aromatic nitrogens is 1. The normalized spacial score (nSPS) is 10.1. The van der Waals surface area contributed by atoms with E-state index >= 15 is 0 Å². The molecule has 0 saturated carbocycles. The smallest absolute Gasteiger partial charge is 0.335 e. The fourth-order valence-corrected chi connectivity index (χ4v) is 1.92. The lowest BCUT2D eigenvalue weighted by molar-refractivity contribution is -0.116. The van der Waals surface area contributed by atoms with E-state index < -0.39 is 5.97 Å². The van der Waals surface area contributed by atoms with E-state index in [9.17, 15) is 9.59 Å². The predicted octanol–water partition coefficient (Wildman–Crippen LogP) is 3.00. The predicted molar refractivity (Wildman–Crippen MR) is 79.6 cm³/mol. The molecule has 1 aromatic heterocycles. The molecule has 0 radical (unpaired) electrons. The fraction of sp³-hybridized carbons (Fsp3) is 0.133. The molecule has 0 bridgehead atoms. The summed E-state index contributed by atoms with van der Waals surface area (Å²) in [5, 5.41) is 11.8. The minimum absolute atomic E-state index is 0.0689. The summed E-state index contributed by atoms with van der Waals surface area (Å²) < 4.78 is 0. The Morgan fingerprint density at radius 2 is 2.05 bits per heavy atom. The molecule has 0 unspecified atom stereocenters. The largest absolute Gasteiger partial charge is 0.478 e. The van der Waals surface area contributed by atoms with Crippen molar-refractivity contribution in [3.05, 3.63) is 58.9 Å². The van der Waals surface area contributed by atoms with Crippen molar-refractivity contribution in [1.29, 1.82) is 0 Å². The summed E-state index contributed by atoms with van der Waals surface area (Å²) in [4.78, 5) is 26.9. The maximum atomic E-state index is 11.9. The molecule has 6 heteroatoms. The van der Waals surface area contributed by atoms with Crippen LogP contribution >= 0.6 is 11.6 Å². The number of carboxylic acids is 1. The number of hydrogen-bond donors (Lipinski definition) is 2. The average Bonchev–Trinajstić information content (AvgIpc) is 2.48. The molecule has 0 saturated heterocycles. The zero-order chi connectivity index (χ0) is 15.2. The van der Waals surface area contributed by atoms with Crippen molar-refractivity contribution < 1.29 is 14.7 Å². The number of benzene rings is 1. The molecule has 1 aromatic carbocycles. The molecule has 0 aliphatic carbocycles. The molecule has 0 aliphatic rings. The third-order valence-corrected chi connectivity index (χ3v) is 3.15. The molecule has 0 aliphatic heterocycles. The summed E-state index contributed by atoms with van der Waals surface area (Å²) in [6.45, 7) is 0. The van der Waals surface area contributed by atoms with E-state index in [2.05, 4.69) is 10.3 Å². The number of rotatable bonds is 5. The molecule has 2 aromatic rings. The first kappa shape index (κ1) is 15.0. The number of carbonyl (C=O) groups is 2. The third-order valence-electron chi connectivity index (χ3n) is 2.82. The molecule has 108 valence electrons. The Hall–Kier alpha value is -2.40. The first-order valence-electron chi connectivity index (χ1n) is 6.29. The second kappa shape index (κ2) is 6.85. The Morgan fingerprint density at radius 1 is 1.24 bits per heavy atom. The van der Waals surface area contributed by atoms with Crippen LogP contribution in [-0.4, -0.2) is 22.0 Å². The van der Waals surface area contributed by atoms with Gasteiger partial charge in [0.15, 0.2) is 0 Å². The Balaban J connectivity index is 1.99. The van der Waals surface area contributed by atoms with Crippen molar-refractivity contribution in [1.82, 2.24) is 4.98 Å². The first-order chi connectivity index (χ1) is 10.1. The highest BCUT2D eigenvalue weighted by atomic mass is 35.5. The third kappa shape index (κ3) is 4.29. The molecule has 21 heavy (non-hydrogen) atoms. The van der Waals surface area contributed by atoms with E-state index in [4.69, 9.17) is 16.7 Å². The summed E-state index contributed by atoms with van der Waals surface area (Å²) in [7, 11) is 0. The minimum Gasteiger partial charge on any atom is -0.478 e. The number of carbonyl (C=O) groups excluding carboxylic acids is 1. The number of anilines is 1. The molecule has 0 atom stereocenters. The van der Waals surface area contributed by atoms with E-state index in [1.54, 1.807) is 12.3 Å². The summed E-state index contributed by atoms with van der Waals surface area (Å²) in [6.07, 6.45) is 2.41. The van der Waals surface area contributed by atoms with Gasteiger partial charge in [0, 0.05) is 18.3 Å². The van der Waals surface area contributed by atoms with Crippen molar-refractivity contribution in [3.8, 4) is 0 Å². The van der Waals surface area contributed by atoms with Gasteiger partial charge in [-0.2, -0.15) is 0 Å². The number of nitrogens with one attached hydrogen (secondary N) is 1. The number of aromatic carboxylic acids is 1. The Kier molecular flexibility index (Phi) is 4.90. The number of carboxylic acid groups (broad SMARTS) is 1. The van der Waals surface area contributed by atoms with Crippen LogP contribution < -0.4 is 5.32 Å². The van der Waals surface area contributed by atoms with Gasteiger partial charge < -0.3 is 10.4 Å². The molecular formula is C15H13ClN2O3. The van der Waals surface area contributed by atoms with E-state index in [1.807, 2.05) is 12.1 Å². The number of hydrogen-bond acceptors (Lipinski definition) is 3. The van der Waals surface area contributed by atoms with E-state index in [1.165, 1.54) is 18.2 Å². The standard InChI is InChI=1S/C15H13ClN2O3/c16-12-6-4-10(15(20)21)9-13(12)18-14(19)7-5-11-3-1-2-8-17-11/h1-4,6,8-9H,5,7H2,(H,18,19)(H,20,21). The zero-order valence-corrected chi connectivity index (χ0v) is 11.8. The van der Waals surface area contributed by atoms with Gasteiger partial charge in [-0.3, -0.25) is 9.78 Å². The minimum atomic E-state index is -1.07. The van der Waals surface area contributed by atoms with Crippen molar-refractivity contribution in [2.45, 2.75) is 12.8 Å². The van der Waals surface area contributed by atoms with E-state index in [0.717, 1.165) is 5.69 Å². The molecule has 1 amide bonds. The van der Waals surface area contributed by atoms with Crippen LogP contribution in [0.5, 0.6) is 0 Å². The number of nitrogens with zero attached hydrogens (tertiary/aromatic N) is 1. The van der Waals surface area contributed by atoms with Crippen LogP contribution in [0.15, 0.2) is 42.6 Å².